The first-order valence-electron chi connectivity index (χ1n) is 8.73. The smallest absolute Gasteiger partial charge is 0.241 e. The van der Waals surface area contributed by atoms with Crippen molar-refractivity contribution in [3.05, 3.63) is 60.6 Å². The molecule has 0 unspecified atom stereocenters. The van der Waals surface area contributed by atoms with Crippen molar-refractivity contribution in [2.24, 2.45) is 11.7 Å². The van der Waals surface area contributed by atoms with Gasteiger partial charge in [0.2, 0.25) is 5.91 Å². The van der Waals surface area contributed by atoms with E-state index >= 15 is 0 Å². The van der Waals surface area contributed by atoms with Gasteiger partial charge in [-0.1, -0.05) is 26.0 Å². The molecule has 1 aromatic carbocycles. The lowest BCUT2D eigenvalue weighted by atomic mass is 10.0. The van der Waals surface area contributed by atoms with E-state index in [0.717, 1.165) is 11.3 Å². The quantitative estimate of drug-likeness (QED) is 0.598. The first-order valence-corrected chi connectivity index (χ1v) is 8.73. The molecule has 3 N–H and O–H groups in total. The fourth-order valence-corrected chi connectivity index (χ4v) is 2.73. The molecule has 0 aliphatic rings. The third kappa shape index (κ3) is 6.41. The zero-order chi connectivity index (χ0) is 18.5. The van der Waals surface area contributed by atoms with Crippen molar-refractivity contribution >= 4 is 42.1 Å². The number of fused-ring (bicyclic) bond motifs is 1. The standard InChI is InChI=1S/C20H24N4O2.2ClH/c1-14(2)10-18(21)20(25)23-15-6-5-7-17(11-15)26-13-16-12-24-9-4-3-8-19(24)22-16;;/h3-9,11-12,14,18H,10,13,21H2,1-2H3,(H,23,25);2*1H/t18-;;/m0../s1. The van der Waals surface area contributed by atoms with E-state index in [9.17, 15) is 4.79 Å². The molecule has 28 heavy (non-hydrogen) atoms. The molecule has 0 aliphatic carbocycles. The molecule has 2 aromatic heterocycles. The molecule has 8 heteroatoms. The summed E-state index contributed by atoms with van der Waals surface area (Å²) in [7, 11) is 0. The van der Waals surface area contributed by atoms with Gasteiger partial charge in [0.05, 0.1) is 11.7 Å². The number of halogens is 2. The molecule has 0 fully saturated rings. The number of amides is 1. The zero-order valence-corrected chi connectivity index (χ0v) is 17.5. The van der Waals surface area contributed by atoms with Gasteiger partial charge in [0.25, 0.3) is 0 Å². The Morgan fingerprint density at radius 3 is 2.71 bits per heavy atom. The number of carbonyl (C=O) groups excluding carboxylic acids is 1. The predicted octanol–water partition coefficient (Wildman–Crippen LogP) is 4.07. The summed E-state index contributed by atoms with van der Waals surface area (Å²) in [6.45, 7) is 4.44. The third-order valence-corrected chi connectivity index (χ3v) is 3.96. The average Bonchev–Trinajstić information content (AvgIpc) is 3.02. The fraction of sp³-hybridized carbons (Fsp3) is 0.300. The second kappa shape index (κ2) is 10.9. The molecule has 0 spiro atoms. The molecule has 1 atom stereocenters. The second-order valence-corrected chi connectivity index (χ2v) is 6.74. The van der Waals surface area contributed by atoms with Crippen LogP contribution in [0.15, 0.2) is 54.9 Å². The van der Waals surface area contributed by atoms with E-state index in [-0.39, 0.29) is 30.7 Å². The van der Waals surface area contributed by atoms with Crippen molar-refractivity contribution in [2.75, 3.05) is 5.32 Å². The maximum Gasteiger partial charge on any atom is 0.241 e. The average molecular weight is 425 g/mol. The Labute approximate surface area is 177 Å². The highest BCUT2D eigenvalue weighted by Crippen LogP contribution is 2.19. The number of nitrogens with one attached hydrogen (secondary N) is 1. The maximum absolute atomic E-state index is 12.1. The number of imidazole rings is 1. The van der Waals surface area contributed by atoms with Gasteiger partial charge in [-0.05, 0) is 36.6 Å². The highest BCUT2D eigenvalue weighted by molar-refractivity contribution is 5.94. The summed E-state index contributed by atoms with van der Waals surface area (Å²) in [4.78, 5) is 16.6. The van der Waals surface area contributed by atoms with Crippen LogP contribution in [0, 0.1) is 5.92 Å². The molecule has 1 amide bonds. The Kier molecular flexibility index (Phi) is 9.25. The van der Waals surface area contributed by atoms with E-state index < -0.39 is 6.04 Å². The largest absolute Gasteiger partial charge is 0.487 e. The van der Waals surface area contributed by atoms with E-state index in [1.165, 1.54) is 0 Å². The Morgan fingerprint density at radius 2 is 2.00 bits per heavy atom. The van der Waals surface area contributed by atoms with Gasteiger partial charge in [-0.2, -0.15) is 0 Å². The molecular formula is C20H26Cl2N4O2. The lowest BCUT2D eigenvalue weighted by Gasteiger charge is -2.14. The van der Waals surface area contributed by atoms with E-state index in [4.69, 9.17) is 10.5 Å². The highest BCUT2D eigenvalue weighted by atomic mass is 35.5. The molecule has 152 valence electrons. The van der Waals surface area contributed by atoms with Crippen molar-refractivity contribution < 1.29 is 9.53 Å². The van der Waals surface area contributed by atoms with Crippen LogP contribution in [0.2, 0.25) is 0 Å². The fourth-order valence-electron chi connectivity index (χ4n) is 2.73. The lowest BCUT2D eigenvalue weighted by molar-refractivity contribution is -0.117. The number of pyridine rings is 1. The van der Waals surface area contributed by atoms with Crippen LogP contribution in [0.25, 0.3) is 5.65 Å². The van der Waals surface area contributed by atoms with Crippen molar-refractivity contribution in [3.8, 4) is 5.75 Å². The Balaban J connectivity index is 0.00000196. The monoisotopic (exact) mass is 424 g/mol. The summed E-state index contributed by atoms with van der Waals surface area (Å²) >= 11 is 0. The van der Waals surface area contributed by atoms with Crippen LogP contribution in [0.5, 0.6) is 5.75 Å². The number of rotatable bonds is 7. The number of hydrogen-bond donors (Lipinski definition) is 2. The van der Waals surface area contributed by atoms with Gasteiger partial charge in [-0.3, -0.25) is 4.79 Å². The Bertz CT molecular complexity index is 866. The second-order valence-electron chi connectivity index (χ2n) is 6.74. The van der Waals surface area contributed by atoms with Crippen molar-refractivity contribution in [1.82, 2.24) is 9.38 Å². The van der Waals surface area contributed by atoms with Crippen molar-refractivity contribution in [2.45, 2.75) is 32.9 Å². The van der Waals surface area contributed by atoms with Crippen LogP contribution in [0.1, 0.15) is 26.0 Å². The van der Waals surface area contributed by atoms with Gasteiger partial charge in [0.1, 0.15) is 18.0 Å². The minimum Gasteiger partial charge on any atom is -0.487 e. The molecule has 0 saturated heterocycles. The summed E-state index contributed by atoms with van der Waals surface area (Å²) < 4.78 is 7.76. The van der Waals surface area contributed by atoms with E-state index in [1.54, 1.807) is 6.07 Å². The minimum atomic E-state index is -0.516. The van der Waals surface area contributed by atoms with Gasteiger partial charge < -0.3 is 20.2 Å². The Morgan fingerprint density at radius 1 is 1.21 bits per heavy atom. The van der Waals surface area contributed by atoms with Crippen LogP contribution < -0.4 is 15.8 Å². The van der Waals surface area contributed by atoms with Gasteiger partial charge >= 0.3 is 0 Å². The van der Waals surface area contributed by atoms with Crippen molar-refractivity contribution in [1.29, 1.82) is 0 Å². The SMILES string of the molecule is CC(C)C[C@H](N)C(=O)Nc1cccc(OCc2cn3ccccc3n2)c1.Cl.Cl. The molecule has 6 nitrogen and oxygen atoms in total. The molecule has 2 heterocycles. The molecular weight excluding hydrogens is 399 g/mol. The normalized spacial score (nSPS) is 11.4. The molecule has 3 aromatic rings. The summed E-state index contributed by atoms with van der Waals surface area (Å²) in [5.74, 6) is 0.851. The summed E-state index contributed by atoms with van der Waals surface area (Å²) in [6.07, 6.45) is 4.53. The van der Waals surface area contributed by atoms with E-state index in [2.05, 4.69) is 10.3 Å². The van der Waals surface area contributed by atoms with Gasteiger partial charge in [0.15, 0.2) is 0 Å². The zero-order valence-electron chi connectivity index (χ0n) is 15.9. The molecule has 3 rings (SSSR count). The topological polar surface area (TPSA) is 81.7 Å². The molecule has 0 radical (unpaired) electrons. The summed E-state index contributed by atoms with van der Waals surface area (Å²) in [5, 5.41) is 2.84. The molecule has 0 aliphatic heterocycles. The van der Waals surface area contributed by atoms with Crippen LogP contribution >= 0.6 is 24.8 Å². The number of nitrogens with two attached hydrogens (primary N) is 1. The van der Waals surface area contributed by atoms with Gasteiger partial charge in [0, 0.05) is 24.1 Å². The molecule has 0 saturated carbocycles. The first kappa shape index (κ1) is 23.8. The van der Waals surface area contributed by atoms with E-state index in [1.807, 2.05) is 67.0 Å². The van der Waals surface area contributed by atoms with Crippen LogP contribution in [-0.4, -0.2) is 21.3 Å². The first-order chi connectivity index (χ1) is 12.5. The summed E-state index contributed by atoms with van der Waals surface area (Å²) in [6, 6.07) is 12.6. The minimum absolute atomic E-state index is 0. The van der Waals surface area contributed by atoms with Crippen molar-refractivity contribution in [3.63, 3.8) is 0 Å². The van der Waals surface area contributed by atoms with Gasteiger partial charge in [-0.15, -0.1) is 24.8 Å². The number of nitrogens with zero attached hydrogens (tertiary/aromatic N) is 2. The third-order valence-electron chi connectivity index (χ3n) is 3.96. The highest BCUT2D eigenvalue weighted by Gasteiger charge is 2.15. The summed E-state index contributed by atoms with van der Waals surface area (Å²) in [5.41, 5.74) is 8.31. The number of carbonyl (C=O) groups is 1. The van der Waals surface area contributed by atoms with Gasteiger partial charge in [-0.25, -0.2) is 4.98 Å². The number of benzene rings is 1. The number of ether oxygens (including phenoxy) is 1. The lowest BCUT2D eigenvalue weighted by Crippen LogP contribution is -2.36. The van der Waals surface area contributed by atoms with Crippen LogP contribution in [0.4, 0.5) is 5.69 Å². The Hall–Kier alpha value is -2.28. The molecule has 0 bridgehead atoms. The van der Waals surface area contributed by atoms with Crippen LogP contribution in [0.3, 0.4) is 0 Å². The predicted molar refractivity (Wildman–Crippen MR) is 117 cm³/mol. The van der Waals surface area contributed by atoms with E-state index in [0.29, 0.717) is 30.4 Å². The number of anilines is 1. The number of aromatic nitrogens is 2. The number of hydrogen-bond acceptors (Lipinski definition) is 4. The van der Waals surface area contributed by atoms with Crippen LogP contribution in [-0.2, 0) is 11.4 Å². The maximum atomic E-state index is 12.1.